The molecule has 0 aliphatic heterocycles. The second-order valence-electron chi connectivity index (χ2n) is 4.96. The summed E-state index contributed by atoms with van der Waals surface area (Å²) in [7, 11) is 1.79. The monoisotopic (exact) mass is 254 g/mol. The molecule has 0 aliphatic rings. The lowest BCUT2D eigenvalue weighted by molar-refractivity contribution is -0.0891. The van der Waals surface area contributed by atoms with E-state index in [1.54, 1.807) is 7.11 Å². The maximum atomic E-state index is 6.11. The highest BCUT2D eigenvalue weighted by Crippen LogP contribution is 2.28. The number of rotatable bonds is 10. The third-order valence-electron chi connectivity index (χ3n) is 4.40. The van der Waals surface area contributed by atoms with E-state index in [4.69, 9.17) is 15.9 Å². The molecule has 0 fully saturated rings. The molecule has 0 saturated carbocycles. The van der Waals surface area contributed by atoms with E-state index in [0.717, 1.165) is 38.7 Å². The van der Waals surface area contributed by atoms with Crippen LogP contribution in [0.1, 0.15) is 66.2 Å². The Morgan fingerprint density at radius 1 is 0.944 bits per heavy atom. The Kier molecular flexibility index (Phi) is 8.31. The van der Waals surface area contributed by atoms with Crippen LogP contribution in [0, 0.1) is 12.3 Å². The van der Waals surface area contributed by atoms with Crippen LogP contribution in [0.15, 0.2) is 0 Å². The molecule has 0 aliphatic carbocycles. The first-order valence-corrected chi connectivity index (χ1v) is 7.20. The highest BCUT2D eigenvalue weighted by molar-refractivity contribution is 4.95. The van der Waals surface area contributed by atoms with Crippen LogP contribution in [0.2, 0.25) is 0 Å². The molecule has 0 bridgehead atoms. The van der Waals surface area contributed by atoms with Gasteiger partial charge in [-0.25, -0.2) is 0 Å². The van der Waals surface area contributed by atoms with Crippen molar-refractivity contribution in [2.75, 3.05) is 13.7 Å². The van der Waals surface area contributed by atoms with Crippen molar-refractivity contribution in [3.8, 4) is 12.3 Å². The maximum absolute atomic E-state index is 6.11. The number of ether oxygens (including phenoxy) is 2. The van der Waals surface area contributed by atoms with Crippen LogP contribution in [0.25, 0.3) is 0 Å². The number of hydrogen-bond donors (Lipinski definition) is 0. The average Bonchev–Trinajstić information content (AvgIpc) is 2.43. The zero-order valence-corrected chi connectivity index (χ0v) is 12.8. The van der Waals surface area contributed by atoms with E-state index in [1.807, 2.05) is 0 Å². The molecular formula is C16H30O2. The number of hydrogen-bond acceptors (Lipinski definition) is 2. The molecule has 106 valence electrons. The molecule has 2 heteroatoms. The van der Waals surface area contributed by atoms with Crippen molar-refractivity contribution in [2.45, 2.75) is 77.4 Å². The Hall–Kier alpha value is -0.520. The normalized spacial score (nSPS) is 12.4. The molecule has 0 unspecified atom stereocenters. The predicted molar refractivity (Wildman–Crippen MR) is 77.7 cm³/mol. The van der Waals surface area contributed by atoms with Gasteiger partial charge in [-0.3, -0.25) is 0 Å². The van der Waals surface area contributed by atoms with Crippen molar-refractivity contribution in [3.05, 3.63) is 0 Å². The van der Waals surface area contributed by atoms with Gasteiger partial charge in [0.1, 0.15) is 0 Å². The lowest BCUT2D eigenvalue weighted by Gasteiger charge is -2.34. The lowest BCUT2D eigenvalue weighted by atomic mass is 9.91. The van der Waals surface area contributed by atoms with Crippen molar-refractivity contribution in [3.63, 3.8) is 0 Å². The van der Waals surface area contributed by atoms with Crippen molar-refractivity contribution in [2.24, 2.45) is 0 Å². The smallest absolute Gasteiger partial charge is 0.0785 e. The molecule has 0 atom stereocenters. The zero-order valence-electron chi connectivity index (χ0n) is 12.8. The van der Waals surface area contributed by atoms with E-state index in [-0.39, 0.29) is 11.2 Å². The molecule has 2 nitrogen and oxygen atoms in total. The molecule has 0 aromatic carbocycles. The molecule has 0 heterocycles. The molecule has 0 rings (SSSR count). The summed E-state index contributed by atoms with van der Waals surface area (Å²) in [6.45, 7) is 9.34. The minimum absolute atomic E-state index is 0.0383. The SMILES string of the molecule is C#CCC(CC)(CC)OCCC(CC)(CC)OC. The first-order chi connectivity index (χ1) is 8.57. The Labute approximate surface area is 113 Å². The van der Waals surface area contributed by atoms with Crippen molar-refractivity contribution in [1.29, 1.82) is 0 Å². The minimum Gasteiger partial charge on any atom is -0.378 e. The number of methoxy groups -OCH3 is 1. The molecule has 0 amide bonds. The van der Waals surface area contributed by atoms with Gasteiger partial charge in [0, 0.05) is 13.5 Å². The van der Waals surface area contributed by atoms with Gasteiger partial charge in [0.2, 0.25) is 0 Å². The average molecular weight is 254 g/mol. The molecule has 18 heavy (non-hydrogen) atoms. The Morgan fingerprint density at radius 3 is 1.78 bits per heavy atom. The van der Waals surface area contributed by atoms with E-state index < -0.39 is 0 Å². The van der Waals surface area contributed by atoms with Crippen molar-refractivity contribution in [1.82, 2.24) is 0 Å². The first kappa shape index (κ1) is 17.5. The second-order valence-corrected chi connectivity index (χ2v) is 4.96. The van der Waals surface area contributed by atoms with Gasteiger partial charge >= 0.3 is 0 Å². The van der Waals surface area contributed by atoms with Crippen LogP contribution >= 0.6 is 0 Å². The quantitative estimate of drug-likeness (QED) is 0.544. The van der Waals surface area contributed by atoms with Crippen LogP contribution in [-0.4, -0.2) is 24.9 Å². The van der Waals surface area contributed by atoms with E-state index in [1.165, 1.54) is 0 Å². The standard InChI is InChI=1S/C16H30O2/c1-7-12-16(10-4,11-5)18-14-13-15(8-2,9-3)17-6/h1H,8-14H2,2-6H3. The molecule has 0 aromatic heterocycles. The minimum atomic E-state index is -0.143. The summed E-state index contributed by atoms with van der Waals surface area (Å²) in [4.78, 5) is 0. The predicted octanol–water partition coefficient (Wildman–Crippen LogP) is 4.18. The largest absolute Gasteiger partial charge is 0.378 e. The Bertz CT molecular complexity index is 236. The maximum Gasteiger partial charge on any atom is 0.0785 e. The van der Waals surface area contributed by atoms with Crippen molar-refractivity contribution < 1.29 is 9.47 Å². The summed E-state index contributed by atoms with van der Waals surface area (Å²) in [5, 5.41) is 0. The third kappa shape index (κ3) is 4.63. The first-order valence-electron chi connectivity index (χ1n) is 7.20. The summed E-state index contributed by atoms with van der Waals surface area (Å²) in [5.41, 5.74) is -0.181. The van der Waals surface area contributed by atoms with E-state index in [2.05, 4.69) is 33.6 Å². The molecule has 0 N–H and O–H groups in total. The second kappa shape index (κ2) is 8.56. The lowest BCUT2D eigenvalue weighted by Crippen LogP contribution is -2.36. The topological polar surface area (TPSA) is 18.5 Å². The summed E-state index contributed by atoms with van der Waals surface area (Å²) < 4.78 is 11.8. The molecule has 0 spiro atoms. The summed E-state index contributed by atoms with van der Waals surface area (Å²) in [6, 6.07) is 0. The Balaban J connectivity index is 4.41. The van der Waals surface area contributed by atoms with Crippen LogP contribution < -0.4 is 0 Å². The van der Waals surface area contributed by atoms with Gasteiger partial charge in [-0.1, -0.05) is 27.7 Å². The van der Waals surface area contributed by atoms with Crippen molar-refractivity contribution >= 4 is 0 Å². The fourth-order valence-electron chi connectivity index (χ4n) is 2.39. The van der Waals surface area contributed by atoms with Crippen LogP contribution in [-0.2, 0) is 9.47 Å². The summed E-state index contributed by atoms with van der Waals surface area (Å²) in [5.74, 6) is 2.74. The van der Waals surface area contributed by atoms with E-state index in [9.17, 15) is 0 Å². The Morgan fingerprint density at radius 2 is 1.44 bits per heavy atom. The van der Waals surface area contributed by atoms with Crippen LogP contribution in [0.3, 0.4) is 0 Å². The highest BCUT2D eigenvalue weighted by Gasteiger charge is 2.29. The van der Waals surface area contributed by atoms with Crippen LogP contribution in [0.5, 0.6) is 0 Å². The van der Waals surface area contributed by atoms with E-state index >= 15 is 0 Å². The summed E-state index contributed by atoms with van der Waals surface area (Å²) in [6.07, 6.45) is 11.0. The highest BCUT2D eigenvalue weighted by atomic mass is 16.5. The van der Waals surface area contributed by atoms with Gasteiger partial charge in [0.15, 0.2) is 0 Å². The van der Waals surface area contributed by atoms with Gasteiger partial charge in [-0.05, 0) is 32.1 Å². The van der Waals surface area contributed by atoms with Gasteiger partial charge < -0.3 is 9.47 Å². The zero-order chi connectivity index (χ0) is 14.1. The van der Waals surface area contributed by atoms with Gasteiger partial charge in [0.25, 0.3) is 0 Å². The molecule has 0 saturated heterocycles. The fraction of sp³-hybridized carbons (Fsp3) is 0.875. The molecule has 0 radical (unpaired) electrons. The van der Waals surface area contributed by atoms with Gasteiger partial charge in [-0.15, -0.1) is 12.3 Å². The molecule has 0 aromatic rings. The summed E-state index contributed by atoms with van der Waals surface area (Å²) >= 11 is 0. The fourth-order valence-corrected chi connectivity index (χ4v) is 2.39. The van der Waals surface area contributed by atoms with Gasteiger partial charge in [0.05, 0.1) is 17.8 Å². The number of terminal acetylenes is 1. The molecular weight excluding hydrogens is 224 g/mol. The van der Waals surface area contributed by atoms with Crippen LogP contribution in [0.4, 0.5) is 0 Å². The van der Waals surface area contributed by atoms with E-state index in [0.29, 0.717) is 6.42 Å². The third-order valence-corrected chi connectivity index (χ3v) is 4.40. The van der Waals surface area contributed by atoms with Gasteiger partial charge in [-0.2, -0.15) is 0 Å².